The summed E-state index contributed by atoms with van der Waals surface area (Å²) in [7, 11) is 0. The van der Waals surface area contributed by atoms with Crippen LogP contribution in [0.1, 0.15) is 26.4 Å². The first kappa shape index (κ1) is 19.2. The number of aromatic nitrogens is 1. The van der Waals surface area contributed by atoms with Crippen LogP contribution in [0.25, 0.3) is 10.8 Å². The molecule has 0 aliphatic rings. The van der Waals surface area contributed by atoms with Crippen molar-refractivity contribution in [1.82, 2.24) is 0 Å². The van der Waals surface area contributed by atoms with E-state index in [1.54, 1.807) is 0 Å². The van der Waals surface area contributed by atoms with Crippen LogP contribution in [0.2, 0.25) is 0 Å². The molecule has 4 heteroatoms. The molecule has 3 aromatic carbocycles. The molecule has 142 valence electrons. The lowest BCUT2D eigenvalue weighted by molar-refractivity contribution is -0.688. The predicted octanol–water partition coefficient (Wildman–Crippen LogP) is 5.20. The second-order valence-corrected chi connectivity index (χ2v) is 7.79. The monoisotopic (exact) mass is 444 g/mol. The molecule has 0 spiro atoms. The van der Waals surface area contributed by atoms with Crippen LogP contribution in [0.4, 0.5) is 0 Å². The average molecular weight is 445 g/mol. The van der Waals surface area contributed by atoms with Gasteiger partial charge in [0.15, 0.2) is 17.7 Å². The van der Waals surface area contributed by atoms with E-state index >= 15 is 0 Å². The summed E-state index contributed by atoms with van der Waals surface area (Å²) in [4.78, 5) is 25.7. The molecular formula is C25H19BrNO2+. The minimum atomic E-state index is 0.0169. The molecule has 0 aliphatic carbocycles. The maximum Gasteiger partial charge on any atom is 0.227 e. The Kier molecular flexibility index (Phi) is 5.63. The number of Topliss-reactive ketones (excluding diaryl/α,β-unsaturated/α-hetero) is 2. The van der Waals surface area contributed by atoms with Crippen LogP contribution in [-0.4, -0.2) is 11.6 Å². The van der Waals surface area contributed by atoms with Gasteiger partial charge in [0.05, 0.1) is 6.42 Å². The summed E-state index contributed by atoms with van der Waals surface area (Å²) in [5, 5.41) is 2.04. The number of halogens is 1. The Labute approximate surface area is 177 Å². The van der Waals surface area contributed by atoms with Crippen molar-refractivity contribution >= 4 is 38.3 Å². The number of fused-ring (bicyclic) bond motifs is 1. The van der Waals surface area contributed by atoms with Crippen LogP contribution in [0.3, 0.4) is 0 Å². The first-order valence-electron chi connectivity index (χ1n) is 9.39. The molecule has 0 N–H and O–H groups in total. The van der Waals surface area contributed by atoms with Crippen LogP contribution >= 0.6 is 15.9 Å². The second kappa shape index (κ2) is 8.50. The van der Waals surface area contributed by atoms with E-state index in [1.807, 2.05) is 95.7 Å². The van der Waals surface area contributed by atoms with E-state index in [9.17, 15) is 9.59 Å². The van der Waals surface area contributed by atoms with Crippen molar-refractivity contribution in [1.29, 1.82) is 0 Å². The number of pyridine rings is 1. The van der Waals surface area contributed by atoms with Crippen molar-refractivity contribution in [2.75, 3.05) is 0 Å². The lowest BCUT2D eigenvalue weighted by Gasteiger charge is -2.08. The molecule has 0 saturated heterocycles. The number of benzene rings is 3. The SMILES string of the molecule is O=C(Cc1c2ccccc2cc[n+]1CC(=O)c1ccccc1)c1ccc(Br)cc1. The summed E-state index contributed by atoms with van der Waals surface area (Å²) in [6.07, 6.45) is 2.12. The van der Waals surface area contributed by atoms with Gasteiger partial charge in [-0.25, -0.2) is 0 Å². The molecular weight excluding hydrogens is 426 g/mol. The van der Waals surface area contributed by atoms with Crippen molar-refractivity contribution in [2.24, 2.45) is 0 Å². The van der Waals surface area contributed by atoms with Crippen molar-refractivity contribution < 1.29 is 14.2 Å². The van der Waals surface area contributed by atoms with Gasteiger partial charge in [0.2, 0.25) is 12.3 Å². The number of nitrogens with zero attached hydrogens (tertiary/aromatic N) is 1. The standard InChI is InChI=1S/C25H19BrNO2/c26-21-12-10-20(11-13-21)24(28)16-23-22-9-5-4-6-18(22)14-15-27(23)17-25(29)19-7-2-1-3-8-19/h1-15H,16-17H2/q+1. The van der Waals surface area contributed by atoms with Gasteiger partial charge < -0.3 is 0 Å². The van der Waals surface area contributed by atoms with Crippen molar-refractivity contribution in [3.8, 4) is 0 Å². The third-order valence-electron chi connectivity index (χ3n) is 4.96. The fourth-order valence-corrected chi connectivity index (χ4v) is 3.69. The number of hydrogen-bond acceptors (Lipinski definition) is 2. The van der Waals surface area contributed by atoms with Crippen molar-refractivity contribution in [3.05, 3.63) is 112 Å². The highest BCUT2D eigenvalue weighted by atomic mass is 79.9. The van der Waals surface area contributed by atoms with Gasteiger partial charge >= 0.3 is 0 Å². The largest absolute Gasteiger partial charge is 0.294 e. The summed E-state index contributed by atoms with van der Waals surface area (Å²) < 4.78 is 2.83. The Morgan fingerprint density at radius 3 is 2.14 bits per heavy atom. The van der Waals surface area contributed by atoms with Crippen LogP contribution < -0.4 is 4.57 Å². The van der Waals surface area contributed by atoms with Gasteiger partial charge in [0.25, 0.3) is 0 Å². The number of hydrogen-bond donors (Lipinski definition) is 0. The van der Waals surface area contributed by atoms with Crippen LogP contribution in [0.15, 0.2) is 95.6 Å². The highest BCUT2D eigenvalue weighted by molar-refractivity contribution is 9.10. The lowest BCUT2D eigenvalue weighted by atomic mass is 10.0. The first-order valence-corrected chi connectivity index (χ1v) is 10.2. The fraction of sp³-hybridized carbons (Fsp3) is 0.0800. The van der Waals surface area contributed by atoms with Crippen LogP contribution in [-0.2, 0) is 13.0 Å². The zero-order chi connectivity index (χ0) is 20.2. The topological polar surface area (TPSA) is 38.0 Å². The molecule has 0 unspecified atom stereocenters. The molecule has 1 heterocycles. The van der Waals surface area contributed by atoms with E-state index < -0.39 is 0 Å². The van der Waals surface area contributed by atoms with E-state index in [1.165, 1.54) is 0 Å². The molecule has 4 aromatic rings. The molecule has 0 aliphatic heterocycles. The Bertz CT molecular complexity index is 1180. The molecule has 0 radical (unpaired) electrons. The Morgan fingerprint density at radius 2 is 1.38 bits per heavy atom. The zero-order valence-electron chi connectivity index (χ0n) is 15.7. The van der Waals surface area contributed by atoms with E-state index in [-0.39, 0.29) is 24.5 Å². The van der Waals surface area contributed by atoms with Gasteiger partial charge in [0, 0.05) is 27.1 Å². The summed E-state index contributed by atoms with van der Waals surface area (Å²) in [6, 6.07) is 26.5. The summed E-state index contributed by atoms with van der Waals surface area (Å²) in [5.74, 6) is 0.0398. The molecule has 0 saturated carbocycles. The van der Waals surface area contributed by atoms with E-state index in [4.69, 9.17) is 0 Å². The van der Waals surface area contributed by atoms with Gasteiger partial charge in [-0.15, -0.1) is 0 Å². The minimum absolute atomic E-state index is 0.0169. The Balaban J connectivity index is 1.72. The quantitative estimate of drug-likeness (QED) is 0.302. The van der Waals surface area contributed by atoms with Gasteiger partial charge in [-0.3, -0.25) is 9.59 Å². The van der Waals surface area contributed by atoms with E-state index in [0.717, 1.165) is 20.9 Å². The summed E-state index contributed by atoms with van der Waals surface area (Å²) in [6.45, 7) is 0.192. The maximum absolute atomic E-state index is 13.0. The smallest absolute Gasteiger partial charge is 0.227 e. The molecule has 1 aromatic heterocycles. The van der Waals surface area contributed by atoms with Gasteiger partial charge in [0.1, 0.15) is 0 Å². The van der Waals surface area contributed by atoms with Gasteiger partial charge in [-0.1, -0.05) is 76.6 Å². The molecule has 0 amide bonds. The minimum Gasteiger partial charge on any atom is -0.294 e. The Morgan fingerprint density at radius 1 is 0.724 bits per heavy atom. The van der Waals surface area contributed by atoms with Crippen molar-refractivity contribution in [3.63, 3.8) is 0 Å². The van der Waals surface area contributed by atoms with Gasteiger partial charge in [-0.05, 0) is 23.6 Å². The molecule has 29 heavy (non-hydrogen) atoms. The fourth-order valence-electron chi connectivity index (χ4n) is 3.42. The van der Waals surface area contributed by atoms with Gasteiger partial charge in [-0.2, -0.15) is 4.57 Å². The number of ketones is 2. The van der Waals surface area contributed by atoms with E-state index in [2.05, 4.69) is 15.9 Å². The highest BCUT2D eigenvalue weighted by Crippen LogP contribution is 2.18. The molecule has 4 rings (SSSR count). The third-order valence-corrected chi connectivity index (χ3v) is 5.49. The maximum atomic E-state index is 13.0. The molecule has 0 bridgehead atoms. The van der Waals surface area contributed by atoms with Crippen LogP contribution in [0.5, 0.6) is 0 Å². The second-order valence-electron chi connectivity index (χ2n) is 6.87. The summed E-state index contributed by atoms with van der Waals surface area (Å²) >= 11 is 3.40. The van der Waals surface area contributed by atoms with E-state index in [0.29, 0.717) is 11.1 Å². The first-order chi connectivity index (χ1) is 14.1. The lowest BCUT2D eigenvalue weighted by Crippen LogP contribution is -2.42. The average Bonchev–Trinajstić information content (AvgIpc) is 2.76. The number of carbonyl (C=O) groups excluding carboxylic acids is 2. The Hall–Kier alpha value is -3.11. The predicted molar refractivity (Wildman–Crippen MR) is 117 cm³/mol. The zero-order valence-corrected chi connectivity index (χ0v) is 17.3. The molecule has 0 atom stereocenters. The molecule has 0 fully saturated rings. The molecule has 3 nitrogen and oxygen atoms in total. The summed E-state index contributed by atoms with van der Waals surface area (Å²) in [5.41, 5.74) is 2.17. The number of carbonyl (C=O) groups is 2. The third kappa shape index (κ3) is 4.33. The normalized spacial score (nSPS) is 10.8. The van der Waals surface area contributed by atoms with Crippen molar-refractivity contribution in [2.45, 2.75) is 13.0 Å². The van der Waals surface area contributed by atoms with Crippen LogP contribution in [0, 0.1) is 0 Å². The number of rotatable bonds is 6. The highest BCUT2D eigenvalue weighted by Gasteiger charge is 2.22.